The number of ether oxygens (including phenoxy) is 1. The van der Waals surface area contributed by atoms with Crippen LogP contribution in [0.1, 0.15) is 41.1 Å². The summed E-state index contributed by atoms with van der Waals surface area (Å²) in [4.78, 5) is 23.9. The zero-order valence-electron chi connectivity index (χ0n) is 15.1. The molecule has 2 heterocycles. The fourth-order valence-electron chi connectivity index (χ4n) is 3.04. The first-order chi connectivity index (χ1) is 12.6. The van der Waals surface area contributed by atoms with Gasteiger partial charge < -0.3 is 15.0 Å². The van der Waals surface area contributed by atoms with Gasteiger partial charge in [0.15, 0.2) is 0 Å². The molecule has 0 spiro atoms. The maximum atomic E-state index is 12.5. The maximum absolute atomic E-state index is 12.5. The van der Waals surface area contributed by atoms with Crippen LogP contribution >= 0.6 is 15.9 Å². The number of benzene rings is 1. The molecule has 0 bridgehead atoms. The topological polar surface area (TPSA) is 67.3 Å². The molecule has 138 valence electrons. The third-order valence-corrected chi connectivity index (χ3v) is 5.08. The highest BCUT2D eigenvalue weighted by molar-refractivity contribution is 9.10. The third-order valence-electron chi connectivity index (χ3n) is 4.39. The molecule has 0 atom stereocenters. The van der Waals surface area contributed by atoms with Gasteiger partial charge in [-0.3, -0.25) is 4.79 Å². The first-order valence-electron chi connectivity index (χ1n) is 8.78. The Morgan fingerprint density at radius 3 is 2.73 bits per heavy atom. The minimum absolute atomic E-state index is 0.194. The molecule has 0 saturated carbocycles. The molecule has 1 aromatic heterocycles. The molecule has 1 aromatic carbocycles. The van der Waals surface area contributed by atoms with Crippen molar-refractivity contribution in [2.75, 3.05) is 25.1 Å². The van der Waals surface area contributed by atoms with Gasteiger partial charge in [0.25, 0.3) is 5.91 Å². The van der Waals surface area contributed by atoms with Crippen LogP contribution in [0.15, 0.2) is 28.7 Å². The number of piperidine rings is 1. The van der Waals surface area contributed by atoms with Crippen LogP contribution < -0.4 is 15.0 Å². The highest BCUT2D eigenvalue weighted by Crippen LogP contribution is 2.22. The number of hydrogen-bond donors (Lipinski definition) is 1. The van der Waals surface area contributed by atoms with Crippen molar-refractivity contribution in [2.45, 2.75) is 32.7 Å². The molecule has 3 rings (SSSR count). The molecule has 1 aliphatic rings. The molecule has 1 amide bonds. The summed E-state index contributed by atoms with van der Waals surface area (Å²) in [5.41, 5.74) is 1.43. The summed E-state index contributed by atoms with van der Waals surface area (Å²) < 4.78 is 5.91. The molecular formula is C19H23BrN4O2. The fraction of sp³-hybridized carbons (Fsp3) is 0.421. The Labute approximate surface area is 162 Å². The van der Waals surface area contributed by atoms with Crippen LogP contribution in [0.3, 0.4) is 0 Å². The molecule has 0 radical (unpaired) electrons. The average Bonchev–Trinajstić information content (AvgIpc) is 2.67. The summed E-state index contributed by atoms with van der Waals surface area (Å²) in [6, 6.07) is 7.31. The van der Waals surface area contributed by atoms with Gasteiger partial charge in [-0.05, 0) is 60.3 Å². The molecule has 0 unspecified atom stereocenters. The maximum Gasteiger partial charge on any atom is 0.252 e. The van der Waals surface area contributed by atoms with Crippen molar-refractivity contribution in [3.05, 3.63) is 45.8 Å². The van der Waals surface area contributed by atoms with E-state index in [4.69, 9.17) is 4.74 Å². The Morgan fingerprint density at radius 2 is 2.00 bits per heavy atom. The summed E-state index contributed by atoms with van der Waals surface area (Å²) in [7, 11) is 1.58. The zero-order chi connectivity index (χ0) is 18.5. The Balaban J connectivity index is 1.71. The second-order valence-corrected chi connectivity index (χ2v) is 7.21. The van der Waals surface area contributed by atoms with Crippen LogP contribution in [-0.4, -0.2) is 36.1 Å². The van der Waals surface area contributed by atoms with Crippen LogP contribution in [0.2, 0.25) is 0 Å². The predicted molar refractivity (Wildman–Crippen MR) is 105 cm³/mol. The van der Waals surface area contributed by atoms with E-state index in [1.54, 1.807) is 25.3 Å². The molecule has 1 aliphatic heterocycles. The van der Waals surface area contributed by atoms with Gasteiger partial charge in [0.05, 0.1) is 19.2 Å². The average molecular weight is 419 g/mol. The molecule has 1 fully saturated rings. The van der Waals surface area contributed by atoms with Gasteiger partial charge in [0, 0.05) is 29.3 Å². The van der Waals surface area contributed by atoms with E-state index in [1.165, 1.54) is 19.3 Å². The molecule has 26 heavy (non-hydrogen) atoms. The van der Waals surface area contributed by atoms with Crippen molar-refractivity contribution in [2.24, 2.45) is 0 Å². The van der Waals surface area contributed by atoms with E-state index in [0.717, 1.165) is 29.1 Å². The smallest absolute Gasteiger partial charge is 0.252 e. The van der Waals surface area contributed by atoms with Crippen LogP contribution in [0.4, 0.5) is 5.82 Å². The number of nitrogens with one attached hydrogen (secondary N) is 1. The summed E-state index contributed by atoms with van der Waals surface area (Å²) in [6.45, 7) is 4.29. The lowest BCUT2D eigenvalue weighted by Gasteiger charge is -2.28. The van der Waals surface area contributed by atoms with Crippen molar-refractivity contribution in [3.63, 3.8) is 0 Å². The Morgan fingerprint density at radius 1 is 1.23 bits per heavy atom. The molecule has 1 saturated heterocycles. The predicted octanol–water partition coefficient (Wildman–Crippen LogP) is 3.48. The highest BCUT2D eigenvalue weighted by Gasteiger charge is 2.15. The quantitative estimate of drug-likeness (QED) is 0.804. The number of carbonyl (C=O) groups is 1. The van der Waals surface area contributed by atoms with E-state index < -0.39 is 0 Å². The van der Waals surface area contributed by atoms with E-state index >= 15 is 0 Å². The number of aromatic nitrogens is 2. The van der Waals surface area contributed by atoms with E-state index in [9.17, 15) is 4.79 Å². The second-order valence-electron chi connectivity index (χ2n) is 6.36. The second kappa shape index (κ2) is 8.49. The number of carbonyl (C=O) groups excluding carboxylic acids is 1. The monoisotopic (exact) mass is 418 g/mol. The lowest BCUT2D eigenvalue weighted by molar-refractivity contribution is 0.0948. The highest BCUT2D eigenvalue weighted by atomic mass is 79.9. The number of halogens is 1. The largest absolute Gasteiger partial charge is 0.497 e. The van der Waals surface area contributed by atoms with Crippen LogP contribution in [0.25, 0.3) is 0 Å². The Kier molecular flexibility index (Phi) is 6.08. The molecule has 0 aliphatic carbocycles. The van der Waals surface area contributed by atoms with E-state index in [1.807, 2.05) is 13.0 Å². The van der Waals surface area contributed by atoms with Gasteiger partial charge in [-0.25, -0.2) is 9.97 Å². The molecule has 6 nitrogen and oxygen atoms in total. The minimum atomic E-state index is -0.194. The first kappa shape index (κ1) is 18.6. The van der Waals surface area contributed by atoms with Crippen molar-refractivity contribution < 1.29 is 9.53 Å². The summed E-state index contributed by atoms with van der Waals surface area (Å²) in [6.07, 6.45) is 3.66. The van der Waals surface area contributed by atoms with E-state index in [2.05, 4.69) is 36.1 Å². The number of methoxy groups -OCH3 is 1. The minimum Gasteiger partial charge on any atom is -0.497 e. The van der Waals surface area contributed by atoms with Crippen LogP contribution in [0, 0.1) is 6.92 Å². The lowest BCUT2D eigenvalue weighted by Crippen LogP contribution is -2.31. The Hall–Kier alpha value is -2.15. The van der Waals surface area contributed by atoms with Crippen molar-refractivity contribution in [1.82, 2.24) is 15.3 Å². The van der Waals surface area contributed by atoms with Gasteiger partial charge in [-0.1, -0.05) is 0 Å². The first-order valence-corrected chi connectivity index (χ1v) is 9.57. The van der Waals surface area contributed by atoms with Crippen molar-refractivity contribution in [1.29, 1.82) is 0 Å². The summed E-state index contributed by atoms with van der Waals surface area (Å²) >= 11 is 3.41. The normalized spacial score (nSPS) is 14.2. The lowest BCUT2D eigenvalue weighted by atomic mass is 10.1. The van der Waals surface area contributed by atoms with Gasteiger partial charge in [-0.2, -0.15) is 0 Å². The van der Waals surface area contributed by atoms with E-state index in [-0.39, 0.29) is 12.5 Å². The Bertz CT molecular complexity index is 791. The van der Waals surface area contributed by atoms with Gasteiger partial charge in [0.1, 0.15) is 17.4 Å². The number of hydrogen-bond acceptors (Lipinski definition) is 5. The molecule has 7 heteroatoms. The van der Waals surface area contributed by atoms with E-state index in [0.29, 0.717) is 17.1 Å². The number of nitrogens with zero attached hydrogens (tertiary/aromatic N) is 3. The van der Waals surface area contributed by atoms with Gasteiger partial charge in [-0.15, -0.1) is 0 Å². The van der Waals surface area contributed by atoms with Crippen LogP contribution in [-0.2, 0) is 6.54 Å². The summed E-state index contributed by atoms with van der Waals surface area (Å²) in [5, 5.41) is 2.90. The molecule has 1 N–H and O–H groups in total. The number of anilines is 1. The fourth-order valence-corrected chi connectivity index (χ4v) is 3.46. The summed E-state index contributed by atoms with van der Waals surface area (Å²) in [5.74, 6) is 2.01. The van der Waals surface area contributed by atoms with Gasteiger partial charge in [0.2, 0.25) is 0 Å². The van der Waals surface area contributed by atoms with Gasteiger partial charge >= 0.3 is 0 Å². The van der Waals surface area contributed by atoms with Crippen molar-refractivity contribution in [3.8, 4) is 5.75 Å². The number of amides is 1. The standard InChI is InChI=1S/C19H23BrN4O2/c1-13-10-18(24-8-4-3-5-9-24)23-17(22-13)12-21-19(25)15-11-14(26-2)6-7-16(15)20/h6-7,10-11H,3-5,8-9,12H2,1-2H3,(H,21,25). The number of aryl methyl sites for hydroxylation is 1. The van der Waals surface area contributed by atoms with Crippen LogP contribution in [0.5, 0.6) is 5.75 Å². The SMILES string of the molecule is COc1ccc(Br)c(C(=O)NCc2nc(C)cc(N3CCCCC3)n2)c1. The van der Waals surface area contributed by atoms with Crippen molar-refractivity contribution >= 4 is 27.7 Å². The zero-order valence-corrected chi connectivity index (χ0v) is 16.7. The number of rotatable bonds is 5. The third kappa shape index (κ3) is 4.52. The molecule has 2 aromatic rings. The molecular weight excluding hydrogens is 396 g/mol.